The Labute approximate surface area is 141 Å². The molecule has 3 aromatic rings. The van der Waals surface area contributed by atoms with E-state index in [1.807, 2.05) is 18.2 Å². The van der Waals surface area contributed by atoms with Gasteiger partial charge in [-0.05, 0) is 32.0 Å². The Kier molecular flexibility index (Phi) is 4.35. The molecule has 0 aliphatic rings. The van der Waals surface area contributed by atoms with Crippen molar-refractivity contribution in [3.8, 4) is 0 Å². The van der Waals surface area contributed by atoms with Crippen molar-refractivity contribution in [2.24, 2.45) is 0 Å². The third-order valence-electron chi connectivity index (χ3n) is 3.54. The molecule has 3 rings (SSSR count). The van der Waals surface area contributed by atoms with E-state index in [1.54, 1.807) is 30.5 Å². The summed E-state index contributed by atoms with van der Waals surface area (Å²) < 4.78 is 12.6. The van der Waals surface area contributed by atoms with Crippen LogP contribution >= 0.6 is 11.3 Å². The second-order valence-electron chi connectivity index (χ2n) is 4.98. The summed E-state index contributed by atoms with van der Waals surface area (Å²) in [7, 11) is 0. The lowest BCUT2D eigenvalue weighted by Crippen LogP contribution is -2.15. The van der Waals surface area contributed by atoms with Crippen LogP contribution in [0.3, 0.4) is 0 Å². The maximum atomic E-state index is 12.4. The number of ether oxygens (including phenoxy) is 2. The van der Waals surface area contributed by atoms with Crippen molar-refractivity contribution in [1.82, 2.24) is 4.40 Å². The fourth-order valence-corrected chi connectivity index (χ4v) is 3.58. The SMILES string of the molecule is CCOC(=O)c1cc2c(sc1=N)c(C(=O)OCC)n1ccccc21. The number of rotatable bonds is 4. The Morgan fingerprint density at radius 3 is 2.58 bits per heavy atom. The van der Waals surface area contributed by atoms with Gasteiger partial charge in [0.15, 0.2) is 0 Å². The van der Waals surface area contributed by atoms with Gasteiger partial charge < -0.3 is 13.9 Å². The van der Waals surface area contributed by atoms with Gasteiger partial charge in [0.05, 0.1) is 29.0 Å². The monoisotopic (exact) mass is 344 g/mol. The Bertz CT molecular complexity index is 1000. The van der Waals surface area contributed by atoms with Crippen LogP contribution in [0.5, 0.6) is 0 Å². The van der Waals surface area contributed by atoms with Crippen molar-refractivity contribution in [1.29, 1.82) is 5.41 Å². The molecule has 6 nitrogen and oxygen atoms in total. The molecule has 0 bridgehead atoms. The first-order valence-corrected chi connectivity index (χ1v) is 8.35. The Morgan fingerprint density at radius 2 is 1.88 bits per heavy atom. The Balaban J connectivity index is 2.35. The van der Waals surface area contributed by atoms with E-state index >= 15 is 0 Å². The van der Waals surface area contributed by atoms with E-state index in [2.05, 4.69) is 0 Å². The molecule has 0 fully saturated rings. The summed E-state index contributed by atoms with van der Waals surface area (Å²) in [5.74, 6) is -0.984. The average Bonchev–Trinajstić information content (AvgIpc) is 2.87. The molecule has 124 valence electrons. The van der Waals surface area contributed by atoms with Gasteiger partial charge in [-0.15, -0.1) is 11.3 Å². The highest BCUT2D eigenvalue weighted by Gasteiger charge is 2.22. The Morgan fingerprint density at radius 1 is 1.17 bits per heavy atom. The largest absolute Gasteiger partial charge is 0.462 e. The maximum absolute atomic E-state index is 12.4. The molecule has 24 heavy (non-hydrogen) atoms. The fourth-order valence-electron chi connectivity index (χ4n) is 2.57. The number of fused-ring (bicyclic) bond motifs is 3. The minimum absolute atomic E-state index is 0.0578. The van der Waals surface area contributed by atoms with Crippen LogP contribution in [0, 0.1) is 5.41 Å². The normalized spacial score (nSPS) is 10.9. The Hall–Kier alpha value is -2.67. The maximum Gasteiger partial charge on any atom is 0.356 e. The van der Waals surface area contributed by atoms with Gasteiger partial charge in [0.2, 0.25) is 0 Å². The van der Waals surface area contributed by atoms with Crippen molar-refractivity contribution in [2.75, 3.05) is 13.2 Å². The molecule has 0 saturated carbocycles. The number of carbonyl (C=O) groups is 2. The van der Waals surface area contributed by atoms with Gasteiger partial charge in [0.25, 0.3) is 0 Å². The molecule has 1 N–H and O–H groups in total. The van der Waals surface area contributed by atoms with Crippen LogP contribution in [-0.2, 0) is 9.47 Å². The van der Waals surface area contributed by atoms with E-state index in [0.29, 0.717) is 10.4 Å². The van der Waals surface area contributed by atoms with E-state index in [1.165, 1.54) is 0 Å². The molecule has 0 unspecified atom stereocenters. The van der Waals surface area contributed by atoms with Gasteiger partial charge in [-0.3, -0.25) is 5.41 Å². The first kappa shape index (κ1) is 16.2. The summed E-state index contributed by atoms with van der Waals surface area (Å²) >= 11 is 1.07. The lowest BCUT2D eigenvalue weighted by molar-refractivity contribution is 0.0513. The molecule has 0 spiro atoms. The van der Waals surface area contributed by atoms with Crippen molar-refractivity contribution in [3.05, 3.63) is 46.4 Å². The molecule has 0 atom stereocenters. The minimum Gasteiger partial charge on any atom is -0.462 e. The number of esters is 2. The van der Waals surface area contributed by atoms with Gasteiger partial charge in [0, 0.05) is 11.6 Å². The van der Waals surface area contributed by atoms with Gasteiger partial charge in [-0.25, -0.2) is 9.59 Å². The second kappa shape index (κ2) is 6.45. The first-order chi connectivity index (χ1) is 11.6. The van der Waals surface area contributed by atoms with Gasteiger partial charge >= 0.3 is 11.9 Å². The van der Waals surface area contributed by atoms with Gasteiger partial charge in [-0.2, -0.15) is 0 Å². The summed E-state index contributed by atoms with van der Waals surface area (Å²) in [5, 5.41) is 8.86. The molecule has 0 aliphatic carbocycles. The molecule has 0 amide bonds. The highest BCUT2D eigenvalue weighted by molar-refractivity contribution is 7.16. The predicted octanol–water partition coefficient (Wildman–Crippen LogP) is 2.99. The molecule has 0 aromatic carbocycles. The van der Waals surface area contributed by atoms with Crippen molar-refractivity contribution in [3.63, 3.8) is 0 Å². The standard InChI is InChI=1S/C17H16N2O4S/c1-3-22-16(20)11-9-10-12-7-5-6-8-19(12)13(17(21)23-4-2)14(10)24-15(11)18/h5-9,18H,3-4H2,1-2H3. The third-order valence-corrected chi connectivity index (χ3v) is 4.58. The summed E-state index contributed by atoms with van der Waals surface area (Å²) in [6.45, 7) is 3.97. The van der Waals surface area contributed by atoms with Crippen molar-refractivity contribution >= 4 is 38.9 Å². The van der Waals surface area contributed by atoms with Crippen LogP contribution in [-0.4, -0.2) is 29.6 Å². The summed E-state index contributed by atoms with van der Waals surface area (Å²) in [6.07, 6.45) is 1.77. The van der Waals surface area contributed by atoms with Crippen LogP contribution in [0.1, 0.15) is 34.7 Å². The molecular formula is C17H16N2O4S. The minimum atomic E-state index is -0.534. The van der Waals surface area contributed by atoms with E-state index in [9.17, 15) is 9.59 Å². The number of nitrogens with zero attached hydrogens (tertiary/aromatic N) is 1. The highest BCUT2D eigenvalue weighted by atomic mass is 32.1. The summed E-state index contributed by atoms with van der Waals surface area (Å²) in [4.78, 5) is 24.4. The van der Waals surface area contributed by atoms with Crippen molar-refractivity contribution < 1.29 is 19.1 Å². The van der Waals surface area contributed by atoms with Crippen molar-refractivity contribution in [2.45, 2.75) is 13.8 Å². The van der Waals surface area contributed by atoms with Gasteiger partial charge in [0.1, 0.15) is 10.4 Å². The second-order valence-corrected chi connectivity index (χ2v) is 6.00. The molecule has 0 aliphatic heterocycles. The average molecular weight is 344 g/mol. The fraction of sp³-hybridized carbons (Fsp3) is 0.235. The lowest BCUT2D eigenvalue weighted by atomic mass is 10.2. The molecular weight excluding hydrogens is 328 g/mol. The van der Waals surface area contributed by atoms with E-state index < -0.39 is 11.9 Å². The van der Waals surface area contributed by atoms with Gasteiger partial charge in [-0.1, -0.05) is 6.07 Å². The zero-order chi connectivity index (χ0) is 17.3. The number of nitrogens with one attached hydrogen (secondary N) is 1. The summed E-state index contributed by atoms with van der Waals surface area (Å²) in [6, 6.07) is 7.14. The highest BCUT2D eigenvalue weighted by Crippen LogP contribution is 2.30. The van der Waals surface area contributed by atoms with E-state index in [0.717, 1.165) is 22.2 Å². The molecule has 0 radical (unpaired) electrons. The number of hydrogen-bond donors (Lipinski definition) is 1. The van der Waals surface area contributed by atoms with Crippen LogP contribution in [0.15, 0.2) is 30.5 Å². The zero-order valence-corrected chi connectivity index (χ0v) is 14.1. The van der Waals surface area contributed by atoms with Crippen LogP contribution < -0.4 is 4.67 Å². The smallest absolute Gasteiger partial charge is 0.356 e. The molecule has 3 aromatic heterocycles. The predicted molar refractivity (Wildman–Crippen MR) is 90.5 cm³/mol. The zero-order valence-electron chi connectivity index (χ0n) is 13.3. The lowest BCUT2D eigenvalue weighted by Gasteiger charge is -2.03. The quantitative estimate of drug-likeness (QED) is 0.738. The molecule has 0 saturated heterocycles. The van der Waals surface area contributed by atoms with Crippen LogP contribution in [0.25, 0.3) is 15.6 Å². The van der Waals surface area contributed by atoms with E-state index in [-0.39, 0.29) is 23.4 Å². The van der Waals surface area contributed by atoms with E-state index in [4.69, 9.17) is 14.9 Å². The van der Waals surface area contributed by atoms with Crippen LogP contribution in [0.2, 0.25) is 0 Å². The summed E-state index contributed by atoms with van der Waals surface area (Å²) in [5.41, 5.74) is 1.34. The van der Waals surface area contributed by atoms with Crippen LogP contribution in [0.4, 0.5) is 0 Å². The first-order valence-electron chi connectivity index (χ1n) is 7.54. The third kappa shape index (κ3) is 2.56. The topological polar surface area (TPSA) is 80.9 Å². The number of aromatic nitrogens is 1. The molecule has 7 heteroatoms. The number of carbonyl (C=O) groups excluding carboxylic acids is 2. The number of pyridine rings is 1. The number of hydrogen-bond acceptors (Lipinski definition) is 6. The molecule has 3 heterocycles.